The summed E-state index contributed by atoms with van der Waals surface area (Å²) in [5.74, 6) is 1.53. The monoisotopic (exact) mass is 368 g/mol. The number of nitrogens with one attached hydrogen (secondary N) is 1. The first-order valence-electron chi connectivity index (χ1n) is 8.83. The van der Waals surface area contributed by atoms with Crippen LogP contribution in [0.2, 0.25) is 0 Å². The summed E-state index contributed by atoms with van der Waals surface area (Å²) in [6.07, 6.45) is 2.33. The molecule has 0 radical (unpaired) electrons. The predicted octanol–water partition coefficient (Wildman–Crippen LogP) is 3.02. The van der Waals surface area contributed by atoms with E-state index in [1.165, 1.54) is 12.8 Å². The lowest BCUT2D eigenvalue weighted by atomic mass is 9.79. The molecule has 2 atom stereocenters. The second-order valence-electron chi connectivity index (χ2n) is 6.88. The van der Waals surface area contributed by atoms with Crippen molar-refractivity contribution in [3.05, 3.63) is 40.8 Å². The van der Waals surface area contributed by atoms with Crippen LogP contribution in [0.25, 0.3) is 0 Å². The number of benzene rings is 1. The number of nitriles is 1. The van der Waals surface area contributed by atoms with Crippen LogP contribution in [-0.4, -0.2) is 40.4 Å². The van der Waals surface area contributed by atoms with Crippen LogP contribution in [0, 0.1) is 17.2 Å². The zero-order chi connectivity index (χ0) is 18.1. The van der Waals surface area contributed by atoms with Crippen LogP contribution < -0.4 is 10.1 Å². The molecule has 2 bridgehead atoms. The van der Waals surface area contributed by atoms with Gasteiger partial charge in [0.25, 0.3) is 5.91 Å². The van der Waals surface area contributed by atoms with E-state index in [9.17, 15) is 4.79 Å². The van der Waals surface area contributed by atoms with Gasteiger partial charge in [0.1, 0.15) is 16.7 Å². The van der Waals surface area contributed by atoms with Gasteiger partial charge in [-0.3, -0.25) is 9.69 Å². The molecule has 3 saturated heterocycles. The largest absolute Gasteiger partial charge is 0.438 e. The first-order chi connectivity index (χ1) is 12.6. The van der Waals surface area contributed by atoms with Crippen LogP contribution in [0.5, 0.6) is 11.6 Å². The number of piperidine rings is 3. The molecule has 2 unspecified atom stereocenters. The Hall–Kier alpha value is -2.43. The molecule has 2 aromatic rings. The Morgan fingerprint density at radius 3 is 2.69 bits per heavy atom. The number of fused-ring (bicyclic) bond motifs is 3. The number of carbonyl (C=O) groups excluding carboxylic acids is 1. The fourth-order valence-electron chi connectivity index (χ4n) is 3.93. The zero-order valence-corrected chi connectivity index (χ0v) is 15.3. The lowest BCUT2D eigenvalue weighted by Gasteiger charge is -2.49. The molecule has 1 N–H and O–H groups in total. The fraction of sp³-hybridized carbons (Fsp3) is 0.421. The average Bonchev–Trinajstić information content (AvgIpc) is 3.13. The van der Waals surface area contributed by atoms with Gasteiger partial charge in [0.05, 0.1) is 0 Å². The second kappa shape index (κ2) is 7.06. The second-order valence-corrected chi connectivity index (χ2v) is 7.69. The summed E-state index contributed by atoms with van der Waals surface area (Å²) in [4.78, 5) is 15.6. The van der Waals surface area contributed by atoms with E-state index in [0.717, 1.165) is 24.6 Å². The number of carbonyl (C=O) groups is 1. The molecular formula is C19H20N4O2S. The molecule has 3 aliphatic rings. The molecule has 4 heterocycles. The Labute approximate surface area is 156 Å². The Morgan fingerprint density at radius 1 is 1.35 bits per heavy atom. The Kier molecular flexibility index (Phi) is 4.62. The molecule has 0 saturated carbocycles. The number of aromatic nitrogens is 1. The highest BCUT2D eigenvalue weighted by atomic mass is 32.1. The van der Waals surface area contributed by atoms with Crippen molar-refractivity contribution in [2.75, 3.05) is 13.1 Å². The van der Waals surface area contributed by atoms with Crippen LogP contribution in [0.1, 0.15) is 35.0 Å². The van der Waals surface area contributed by atoms with Crippen molar-refractivity contribution in [1.82, 2.24) is 14.6 Å². The van der Waals surface area contributed by atoms with E-state index in [-0.39, 0.29) is 11.9 Å². The van der Waals surface area contributed by atoms with Crippen LogP contribution in [-0.2, 0) is 0 Å². The number of nitrogens with zero attached hydrogens (tertiary/aromatic N) is 3. The minimum absolute atomic E-state index is 0.0393. The molecular weight excluding hydrogens is 348 g/mol. The van der Waals surface area contributed by atoms with Crippen molar-refractivity contribution < 1.29 is 9.53 Å². The minimum Gasteiger partial charge on any atom is -0.438 e. The maximum Gasteiger partial charge on any atom is 0.251 e. The topological polar surface area (TPSA) is 78.2 Å². The molecule has 1 amide bonds. The van der Waals surface area contributed by atoms with Crippen molar-refractivity contribution in [2.24, 2.45) is 5.92 Å². The number of amides is 1. The smallest absolute Gasteiger partial charge is 0.251 e. The minimum atomic E-state index is -0.0393. The van der Waals surface area contributed by atoms with Gasteiger partial charge in [-0.2, -0.15) is 9.64 Å². The molecule has 0 spiro atoms. The van der Waals surface area contributed by atoms with E-state index < -0.39 is 0 Å². The Balaban J connectivity index is 1.40. The van der Waals surface area contributed by atoms with Gasteiger partial charge < -0.3 is 10.1 Å². The quantitative estimate of drug-likeness (QED) is 0.897. The van der Waals surface area contributed by atoms with Gasteiger partial charge in [-0.05, 0) is 74.6 Å². The first-order valence-corrected chi connectivity index (χ1v) is 9.61. The molecule has 1 aromatic heterocycles. The van der Waals surface area contributed by atoms with Crippen LogP contribution >= 0.6 is 11.5 Å². The van der Waals surface area contributed by atoms with E-state index in [0.29, 0.717) is 34.0 Å². The predicted molar refractivity (Wildman–Crippen MR) is 98.4 cm³/mol. The van der Waals surface area contributed by atoms with Crippen molar-refractivity contribution in [3.8, 4) is 17.7 Å². The lowest BCUT2D eigenvalue weighted by molar-refractivity contribution is 0.0217. The van der Waals surface area contributed by atoms with E-state index in [2.05, 4.69) is 21.5 Å². The molecule has 6 nitrogen and oxygen atoms in total. The highest BCUT2D eigenvalue weighted by Crippen LogP contribution is 2.32. The van der Waals surface area contributed by atoms with E-state index >= 15 is 0 Å². The summed E-state index contributed by atoms with van der Waals surface area (Å²) >= 11 is 1.10. The van der Waals surface area contributed by atoms with Gasteiger partial charge in [0.15, 0.2) is 0 Å². The van der Waals surface area contributed by atoms with Gasteiger partial charge in [0, 0.05) is 23.7 Å². The third-order valence-electron chi connectivity index (χ3n) is 5.41. The van der Waals surface area contributed by atoms with Crippen LogP contribution in [0.4, 0.5) is 0 Å². The SMILES string of the molecule is CC1C(NC(=O)c2ccc(Oc3cc(C#N)sn3)cc2)C2CCN1CC2. The number of ether oxygens (including phenoxy) is 1. The molecule has 3 fully saturated rings. The summed E-state index contributed by atoms with van der Waals surface area (Å²) < 4.78 is 9.67. The van der Waals surface area contributed by atoms with E-state index in [1.807, 2.05) is 6.07 Å². The highest BCUT2D eigenvalue weighted by molar-refractivity contribution is 7.06. The number of rotatable bonds is 4. The van der Waals surface area contributed by atoms with Gasteiger partial charge in [-0.1, -0.05) is 0 Å². The number of hydrogen-bond donors (Lipinski definition) is 1. The first kappa shape index (κ1) is 17.0. The maximum atomic E-state index is 12.6. The summed E-state index contributed by atoms with van der Waals surface area (Å²) in [6, 6.07) is 11.3. The molecule has 1 aromatic carbocycles. The normalized spacial score (nSPS) is 26.9. The zero-order valence-electron chi connectivity index (χ0n) is 14.5. The molecule has 7 heteroatoms. The van der Waals surface area contributed by atoms with Crippen molar-refractivity contribution >= 4 is 17.4 Å². The third kappa shape index (κ3) is 3.30. The molecule has 134 valence electrons. The van der Waals surface area contributed by atoms with Gasteiger partial charge in [-0.15, -0.1) is 0 Å². The average molecular weight is 368 g/mol. The fourth-order valence-corrected chi connectivity index (χ4v) is 4.41. The summed E-state index contributed by atoms with van der Waals surface area (Å²) in [7, 11) is 0. The molecule has 0 aliphatic carbocycles. The highest BCUT2D eigenvalue weighted by Gasteiger charge is 2.40. The number of hydrogen-bond acceptors (Lipinski definition) is 6. The standard InChI is InChI=1S/C19H20N4O2S/c1-12-18(13-6-8-23(12)9-7-13)21-19(24)14-2-4-15(5-3-14)25-17-10-16(11-20)26-22-17/h2-5,10,12-13,18H,6-9H2,1H3,(H,21,24). The molecule has 3 aliphatic heterocycles. The van der Waals surface area contributed by atoms with Crippen LogP contribution in [0.15, 0.2) is 30.3 Å². The van der Waals surface area contributed by atoms with Gasteiger partial charge in [0.2, 0.25) is 5.88 Å². The van der Waals surface area contributed by atoms with Crippen molar-refractivity contribution in [1.29, 1.82) is 5.26 Å². The summed E-state index contributed by atoms with van der Waals surface area (Å²) in [6.45, 7) is 4.50. The van der Waals surface area contributed by atoms with Crippen molar-refractivity contribution in [3.63, 3.8) is 0 Å². The molecule has 5 rings (SSSR count). The Morgan fingerprint density at radius 2 is 2.08 bits per heavy atom. The van der Waals surface area contributed by atoms with Gasteiger partial charge in [-0.25, -0.2) is 0 Å². The maximum absolute atomic E-state index is 12.6. The Bertz CT molecular complexity index is 832. The van der Waals surface area contributed by atoms with E-state index in [4.69, 9.17) is 10.00 Å². The summed E-state index contributed by atoms with van der Waals surface area (Å²) in [5, 5.41) is 12.1. The van der Waals surface area contributed by atoms with E-state index in [1.54, 1.807) is 30.3 Å². The summed E-state index contributed by atoms with van der Waals surface area (Å²) in [5.41, 5.74) is 0.622. The molecule has 26 heavy (non-hydrogen) atoms. The van der Waals surface area contributed by atoms with Crippen molar-refractivity contribution in [2.45, 2.75) is 31.8 Å². The third-order valence-corrected chi connectivity index (χ3v) is 6.09. The van der Waals surface area contributed by atoms with Crippen LogP contribution in [0.3, 0.4) is 0 Å². The van der Waals surface area contributed by atoms with Gasteiger partial charge >= 0.3 is 0 Å². The lowest BCUT2D eigenvalue weighted by Crippen LogP contribution is -2.62.